The van der Waals surface area contributed by atoms with Gasteiger partial charge in [0.1, 0.15) is 11.7 Å². The van der Waals surface area contributed by atoms with E-state index in [2.05, 4.69) is 0 Å². The van der Waals surface area contributed by atoms with Gasteiger partial charge in [0.05, 0.1) is 12.0 Å². The van der Waals surface area contributed by atoms with Gasteiger partial charge < -0.3 is 14.6 Å². The molecule has 1 heterocycles. The molecule has 0 spiro atoms. The van der Waals surface area contributed by atoms with Crippen LogP contribution in [0.2, 0.25) is 0 Å². The van der Waals surface area contributed by atoms with Gasteiger partial charge in [-0.15, -0.1) is 0 Å². The predicted octanol–water partition coefficient (Wildman–Crippen LogP) is 1.91. The molecular weight excluding hydrogens is 284 g/mol. The summed E-state index contributed by atoms with van der Waals surface area (Å²) in [5.41, 5.74) is -0.585. The Morgan fingerprint density at radius 1 is 1.41 bits per heavy atom. The van der Waals surface area contributed by atoms with Gasteiger partial charge in [-0.25, -0.2) is 0 Å². The second-order valence-electron chi connectivity index (χ2n) is 7.65. The van der Waals surface area contributed by atoms with Crippen molar-refractivity contribution in [2.24, 2.45) is 29.6 Å². The van der Waals surface area contributed by atoms with Crippen LogP contribution >= 0.6 is 0 Å². The van der Waals surface area contributed by atoms with E-state index in [1.165, 1.54) is 6.92 Å². The van der Waals surface area contributed by atoms with Crippen molar-refractivity contribution < 1.29 is 24.2 Å². The van der Waals surface area contributed by atoms with E-state index < -0.39 is 11.7 Å². The Kier molecular flexibility index (Phi) is 3.75. The molecule has 0 unspecified atom stereocenters. The Bertz CT molecular complexity index is 489. The highest BCUT2D eigenvalue weighted by atomic mass is 16.6. The molecule has 1 N–H and O–H groups in total. The molecule has 22 heavy (non-hydrogen) atoms. The molecule has 0 bridgehead atoms. The molecule has 1 aliphatic heterocycles. The van der Waals surface area contributed by atoms with Gasteiger partial charge in [-0.2, -0.15) is 0 Å². The molecule has 0 radical (unpaired) electrons. The molecule has 3 aliphatic rings. The van der Waals surface area contributed by atoms with Crippen LogP contribution in [0.25, 0.3) is 0 Å². The quantitative estimate of drug-likeness (QED) is 0.749. The maximum absolute atomic E-state index is 12.0. The summed E-state index contributed by atoms with van der Waals surface area (Å²) in [5.74, 6) is -0.231. The summed E-state index contributed by atoms with van der Waals surface area (Å²) in [4.78, 5) is 23.6. The summed E-state index contributed by atoms with van der Waals surface area (Å²) in [6.45, 7) is 7.35. The van der Waals surface area contributed by atoms with Gasteiger partial charge in [0, 0.05) is 24.7 Å². The molecule has 2 saturated carbocycles. The third-order valence-corrected chi connectivity index (χ3v) is 6.38. The fraction of sp³-hybridized carbons (Fsp3) is 0.882. The van der Waals surface area contributed by atoms with Crippen molar-refractivity contribution in [3.63, 3.8) is 0 Å². The van der Waals surface area contributed by atoms with Crippen LogP contribution in [0.3, 0.4) is 0 Å². The zero-order chi connectivity index (χ0) is 16.2. The molecule has 0 aromatic carbocycles. The zero-order valence-corrected chi connectivity index (χ0v) is 13.7. The molecule has 124 valence electrons. The van der Waals surface area contributed by atoms with E-state index in [1.807, 2.05) is 20.8 Å². The lowest BCUT2D eigenvalue weighted by Gasteiger charge is -2.38. The number of ether oxygens (including phenoxy) is 2. The van der Waals surface area contributed by atoms with Crippen LogP contribution < -0.4 is 0 Å². The largest absolute Gasteiger partial charge is 0.462 e. The van der Waals surface area contributed by atoms with Gasteiger partial charge in [-0.1, -0.05) is 13.8 Å². The van der Waals surface area contributed by atoms with Crippen LogP contribution in [0.15, 0.2) is 0 Å². The fourth-order valence-corrected chi connectivity index (χ4v) is 5.10. The van der Waals surface area contributed by atoms with Crippen LogP contribution in [0.1, 0.15) is 47.0 Å². The summed E-state index contributed by atoms with van der Waals surface area (Å²) < 4.78 is 11.4. The molecule has 3 fully saturated rings. The number of carbonyl (C=O) groups is 2. The second-order valence-corrected chi connectivity index (χ2v) is 7.65. The summed E-state index contributed by atoms with van der Waals surface area (Å²) >= 11 is 0. The Morgan fingerprint density at radius 3 is 2.73 bits per heavy atom. The smallest absolute Gasteiger partial charge is 0.309 e. The molecule has 0 aromatic heterocycles. The first kappa shape index (κ1) is 15.8. The van der Waals surface area contributed by atoms with Crippen molar-refractivity contribution in [3.8, 4) is 0 Å². The highest BCUT2D eigenvalue weighted by Gasteiger charge is 2.60. The summed E-state index contributed by atoms with van der Waals surface area (Å²) in [7, 11) is 0. The standard InChI is InChI=1S/C17H26O5/c1-8-11-5-6-17(4,22-10(3)18)12-7-13(19)9(2)14(12)15(11)21-16(8)20/h8-9,11-15,19H,5-7H2,1-4H3/t8-,9-,11-,12+,13-,14-,15-,17+/m0/s1. The second kappa shape index (κ2) is 5.22. The van der Waals surface area contributed by atoms with Crippen molar-refractivity contribution in [2.45, 2.75) is 64.8 Å². The van der Waals surface area contributed by atoms with E-state index in [9.17, 15) is 14.7 Å². The Labute approximate surface area is 131 Å². The monoisotopic (exact) mass is 310 g/mol. The van der Waals surface area contributed by atoms with Crippen molar-refractivity contribution in [3.05, 3.63) is 0 Å². The van der Waals surface area contributed by atoms with Crippen LogP contribution in [0, 0.1) is 29.6 Å². The molecule has 0 aromatic rings. The Hall–Kier alpha value is -1.10. The van der Waals surface area contributed by atoms with Crippen LogP contribution in [0.5, 0.6) is 0 Å². The maximum atomic E-state index is 12.0. The molecular formula is C17H26O5. The summed E-state index contributed by atoms with van der Waals surface area (Å²) in [5, 5.41) is 10.4. The van der Waals surface area contributed by atoms with Crippen molar-refractivity contribution in [1.29, 1.82) is 0 Å². The lowest BCUT2D eigenvalue weighted by atomic mass is 9.75. The topological polar surface area (TPSA) is 72.8 Å². The maximum Gasteiger partial charge on any atom is 0.309 e. The lowest BCUT2D eigenvalue weighted by Crippen LogP contribution is -2.43. The zero-order valence-electron chi connectivity index (χ0n) is 13.7. The normalized spacial score (nSPS) is 50.8. The number of esters is 2. The van der Waals surface area contributed by atoms with Gasteiger partial charge in [0.15, 0.2) is 0 Å². The first-order valence-electron chi connectivity index (χ1n) is 8.32. The average Bonchev–Trinajstić information content (AvgIpc) is 2.82. The summed E-state index contributed by atoms with van der Waals surface area (Å²) in [6.07, 6.45) is 1.55. The van der Waals surface area contributed by atoms with Crippen LogP contribution in [-0.2, 0) is 19.1 Å². The lowest BCUT2D eigenvalue weighted by molar-refractivity contribution is -0.167. The molecule has 1 saturated heterocycles. The van der Waals surface area contributed by atoms with Gasteiger partial charge in [-0.3, -0.25) is 9.59 Å². The van der Waals surface area contributed by atoms with Gasteiger partial charge in [0.25, 0.3) is 0 Å². The first-order valence-corrected chi connectivity index (χ1v) is 8.32. The molecule has 3 rings (SSSR count). The Balaban J connectivity index is 1.98. The van der Waals surface area contributed by atoms with E-state index >= 15 is 0 Å². The third kappa shape index (κ3) is 2.25. The van der Waals surface area contributed by atoms with E-state index in [-0.39, 0.29) is 47.6 Å². The molecule has 8 atom stereocenters. The number of aliphatic hydroxyl groups is 1. The molecule has 0 amide bonds. The number of hydrogen-bond acceptors (Lipinski definition) is 5. The number of fused-ring (bicyclic) bond motifs is 3. The predicted molar refractivity (Wildman–Crippen MR) is 78.7 cm³/mol. The van der Waals surface area contributed by atoms with Crippen LogP contribution in [0.4, 0.5) is 0 Å². The molecule has 5 nitrogen and oxygen atoms in total. The SMILES string of the molecule is CC(=O)O[C@]1(C)CC[C@@H]2[C@H](OC(=O)[C@H]2C)[C@H]2[C@@H](C)[C@@H](O)C[C@H]21. The van der Waals surface area contributed by atoms with Gasteiger partial charge in [0.2, 0.25) is 0 Å². The Morgan fingerprint density at radius 2 is 2.09 bits per heavy atom. The van der Waals surface area contributed by atoms with Crippen molar-refractivity contribution in [2.75, 3.05) is 0 Å². The molecule has 2 aliphatic carbocycles. The number of hydrogen-bond donors (Lipinski definition) is 1. The van der Waals surface area contributed by atoms with Gasteiger partial charge >= 0.3 is 11.9 Å². The first-order chi connectivity index (χ1) is 10.2. The summed E-state index contributed by atoms with van der Waals surface area (Å²) in [6, 6.07) is 0. The highest BCUT2D eigenvalue weighted by molar-refractivity contribution is 5.75. The number of rotatable bonds is 1. The van der Waals surface area contributed by atoms with E-state index in [0.717, 1.165) is 12.8 Å². The van der Waals surface area contributed by atoms with Crippen molar-refractivity contribution >= 4 is 11.9 Å². The number of carbonyl (C=O) groups excluding carboxylic acids is 2. The van der Waals surface area contributed by atoms with Crippen molar-refractivity contribution in [1.82, 2.24) is 0 Å². The minimum Gasteiger partial charge on any atom is -0.462 e. The van der Waals surface area contributed by atoms with E-state index in [0.29, 0.717) is 6.42 Å². The van der Waals surface area contributed by atoms with E-state index in [1.54, 1.807) is 0 Å². The van der Waals surface area contributed by atoms with Crippen LogP contribution in [-0.4, -0.2) is 34.9 Å². The minimum atomic E-state index is -0.585. The third-order valence-electron chi connectivity index (χ3n) is 6.38. The van der Waals surface area contributed by atoms with E-state index in [4.69, 9.17) is 9.47 Å². The highest BCUT2D eigenvalue weighted by Crippen LogP contribution is 2.55. The number of aliphatic hydroxyl groups excluding tert-OH is 1. The average molecular weight is 310 g/mol. The minimum absolute atomic E-state index is 0.0366. The molecule has 5 heteroatoms. The fourth-order valence-electron chi connectivity index (χ4n) is 5.10. The van der Waals surface area contributed by atoms with Gasteiger partial charge in [-0.05, 0) is 32.1 Å².